The number of nitrogens with zero attached hydrogens (tertiary/aromatic N) is 1. The molecule has 148 valence electrons. The minimum absolute atomic E-state index is 0.170. The predicted molar refractivity (Wildman–Crippen MR) is 112 cm³/mol. The molecule has 0 radical (unpaired) electrons. The summed E-state index contributed by atoms with van der Waals surface area (Å²) in [5.41, 5.74) is 2.32. The molecule has 0 unspecified atom stereocenters. The van der Waals surface area contributed by atoms with Gasteiger partial charge in [0.05, 0.1) is 24.4 Å². The molecule has 0 bridgehead atoms. The summed E-state index contributed by atoms with van der Waals surface area (Å²) >= 11 is 15.4. The number of aliphatic carboxylic acids is 1. The van der Waals surface area contributed by atoms with Gasteiger partial charge in [-0.25, -0.2) is 0 Å². The first-order valence-electron chi connectivity index (χ1n) is 8.16. The third kappa shape index (κ3) is 4.79. The molecule has 0 spiro atoms. The lowest BCUT2D eigenvalue weighted by atomic mass is 10.1. The Hall–Kier alpha value is -2.21. The normalized spacial score (nSPS) is 10.3. The van der Waals surface area contributed by atoms with Gasteiger partial charge in [-0.15, -0.1) is 23.2 Å². The van der Waals surface area contributed by atoms with Gasteiger partial charge < -0.3 is 9.84 Å². The quantitative estimate of drug-likeness (QED) is 0.553. The van der Waals surface area contributed by atoms with Gasteiger partial charge in [-0.1, -0.05) is 11.6 Å². The zero-order valence-electron chi connectivity index (χ0n) is 15.2. The summed E-state index contributed by atoms with van der Waals surface area (Å²) in [6.07, 6.45) is -0.170. The van der Waals surface area contributed by atoms with E-state index in [9.17, 15) is 14.7 Å². The summed E-state index contributed by atoms with van der Waals surface area (Å²) in [5.74, 6) is -0.583. The molecule has 0 saturated heterocycles. The van der Waals surface area contributed by atoms with Crippen LogP contribution in [0.15, 0.2) is 42.5 Å². The number of carbonyl (C=O) groups is 2. The summed E-state index contributed by atoms with van der Waals surface area (Å²) in [5, 5.41) is 10.7. The molecule has 0 aliphatic heterocycles. The van der Waals surface area contributed by atoms with Crippen molar-refractivity contribution in [1.29, 1.82) is 0 Å². The Kier molecular flexibility index (Phi) is 7.75. The highest BCUT2D eigenvalue weighted by Crippen LogP contribution is 2.30. The van der Waals surface area contributed by atoms with Gasteiger partial charge in [0.2, 0.25) is 0 Å². The van der Waals surface area contributed by atoms with Gasteiger partial charge in [-0.3, -0.25) is 14.2 Å². The fraction of sp³-hybridized carbons (Fsp3) is 0.200. The molecule has 3 aromatic rings. The molecule has 0 saturated carbocycles. The van der Waals surface area contributed by atoms with Crippen LogP contribution < -0.4 is 4.74 Å². The van der Waals surface area contributed by atoms with E-state index in [0.29, 0.717) is 38.5 Å². The van der Waals surface area contributed by atoms with Crippen molar-refractivity contribution in [2.45, 2.75) is 13.3 Å². The van der Waals surface area contributed by atoms with Crippen LogP contribution in [0.5, 0.6) is 5.75 Å². The summed E-state index contributed by atoms with van der Waals surface area (Å²) < 4.78 is 6.77. The molecule has 28 heavy (non-hydrogen) atoms. The molecule has 5 nitrogen and oxygen atoms in total. The molecule has 1 N–H and O–H groups in total. The van der Waals surface area contributed by atoms with Gasteiger partial charge in [0.25, 0.3) is 5.91 Å². The maximum atomic E-state index is 13.0. The Morgan fingerprint density at radius 2 is 1.71 bits per heavy atom. The van der Waals surface area contributed by atoms with Crippen molar-refractivity contribution in [3.05, 3.63) is 64.3 Å². The number of carboxylic acids is 1. The number of fused-ring (bicyclic) bond motifs is 1. The fourth-order valence-corrected chi connectivity index (χ4v) is 3.07. The lowest BCUT2D eigenvalue weighted by Gasteiger charge is -2.08. The van der Waals surface area contributed by atoms with E-state index in [1.54, 1.807) is 56.5 Å². The highest BCUT2D eigenvalue weighted by Gasteiger charge is 2.21. The zero-order valence-corrected chi connectivity index (χ0v) is 17.5. The van der Waals surface area contributed by atoms with Crippen molar-refractivity contribution in [3.63, 3.8) is 0 Å². The van der Waals surface area contributed by atoms with Crippen LogP contribution in [-0.2, 0) is 11.2 Å². The Morgan fingerprint density at radius 1 is 1.11 bits per heavy atom. The third-order valence-corrected chi connectivity index (χ3v) is 4.42. The monoisotopic (exact) mass is 441 g/mol. The largest absolute Gasteiger partial charge is 0.497 e. The number of alkyl halides is 2. The van der Waals surface area contributed by atoms with E-state index in [1.807, 2.05) is 0 Å². The molecule has 3 rings (SSSR count). The number of carboxylic acid groups (broad SMARTS) is 1. The molecule has 1 heterocycles. The topological polar surface area (TPSA) is 68.5 Å². The van der Waals surface area contributed by atoms with E-state index in [4.69, 9.17) is 39.5 Å². The van der Waals surface area contributed by atoms with E-state index < -0.39 is 5.97 Å². The Morgan fingerprint density at radius 3 is 2.25 bits per heavy atom. The van der Waals surface area contributed by atoms with Gasteiger partial charge in [0.15, 0.2) is 0 Å². The van der Waals surface area contributed by atoms with Gasteiger partial charge >= 0.3 is 5.97 Å². The number of hydrogen-bond donors (Lipinski definition) is 1. The van der Waals surface area contributed by atoms with Gasteiger partial charge in [0.1, 0.15) is 5.75 Å². The average molecular weight is 443 g/mol. The van der Waals surface area contributed by atoms with Crippen LogP contribution in [0.1, 0.15) is 21.6 Å². The number of aromatic nitrogens is 1. The van der Waals surface area contributed by atoms with Crippen molar-refractivity contribution in [1.82, 2.24) is 4.57 Å². The second-order valence-corrected chi connectivity index (χ2v) is 7.01. The van der Waals surface area contributed by atoms with E-state index in [-0.39, 0.29) is 17.7 Å². The Labute approximate surface area is 177 Å². The van der Waals surface area contributed by atoms with Crippen LogP contribution in [0.3, 0.4) is 0 Å². The maximum absolute atomic E-state index is 13.0. The predicted octanol–water partition coefficient (Wildman–Crippen LogP) is 5.35. The molecule has 8 heteroatoms. The minimum atomic E-state index is -0.955. The maximum Gasteiger partial charge on any atom is 0.307 e. The molecule has 0 aliphatic carbocycles. The smallest absolute Gasteiger partial charge is 0.307 e. The molecule has 1 aromatic heterocycles. The lowest BCUT2D eigenvalue weighted by molar-refractivity contribution is -0.136. The number of rotatable bonds is 4. The number of benzene rings is 2. The molecule has 0 aliphatic rings. The van der Waals surface area contributed by atoms with Crippen LogP contribution >= 0.6 is 34.8 Å². The zero-order chi connectivity index (χ0) is 20.8. The van der Waals surface area contributed by atoms with Gasteiger partial charge in [-0.05, 0) is 55.0 Å². The molecule has 0 fully saturated rings. The summed E-state index contributed by atoms with van der Waals surface area (Å²) in [4.78, 5) is 24.3. The number of carbonyl (C=O) groups excluding carboxylic acids is 1. The van der Waals surface area contributed by atoms with Crippen LogP contribution in [0.25, 0.3) is 10.9 Å². The van der Waals surface area contributed by atoms with Crippen molar-refractivity contribution >= 4 is 57.6 Å². The van der Waals surface area contributed by atoms with E-state index in [2.05, 4.69) is 0 Å². The third-order valence-electron chi connectivity index (χ3n) is 4.16. The van der Waals surface area contributed by atoms with Crippen molar-refractivity contribution in [2.75, 3.05) is 12.4 Å². The second kappa shape index (κ2) is 9.82. The Balaban J connectivity index is 0.000000878. The van der Waals surface area contributed by atoms with Gasteiger partial charge in [-0.2, -0.15) is 0 Å². The van der Waals surface area contributed by atoms with Crippen molar-refractivity contribution < 1.29 is 19.4 Å². The summed E-state index contributed by atoms with van der Waals surface area (Å²) in [6, 6.07) is 11.9. The number of hydrogen-bond acceptors (Lipinski definition) is 3. The molecular weight excluding hydrogens is 425 g/mol. The van der Waals surface area contributed by atoms with Crippen LogP contribution in [0.2, 0.25) is 5.02 Å². The highest BCUT2D eigenvalue weighted by molar-refractivity contribution is 6.40. The first-order chi connectivity index (χ1) is 13.3. The molecule has 0 atom stereocenters. The minimum Gasteiger partial charge on any atom is -0.497 e. The van der Waals surface area contributed by atoms with Crippen LogP contribution in [0.4, 0.5) is 0 Å². The standard InChI is InChI=1S/C19H16ClNO4.CH2Cl2/c1-11-15(10-18(22)23)16-9-14(25-2)7-8-17(16)21(11)19(24)12-3-5-13(20)6-4-12;2-1-3/h3-9H,10H2,1-2H3,(H,22,23);1H2. The van der Waals surface area contributed by atoms with Gasteiger partial charge in [0, 0.05) is 21.7 Å². The second-order valence-electron chi connectivity index (χ2n) is 5.77. The Bertz CT molecular complexity index is 997. The highest BCUT2D eigenvalue weighted by atomic mass is 35.5. The molecule has 0 amide bonds. The summed E-state index contributed by atoms with van der Waals surface area (Å²) in [7, 11) is 1.54. The fourth-order valence-electron chi connectivity index (χ4n) is 2.95. The molecule has 2 aromatic carbocycles. The van der Waals surface area contributed by atoms with Crippen molar-refractivity contribution in [2.24, 2.45) is 0 Å². The van der Waals surface area contributed by atoms with Crippen LogP contribution in [-0.4, -0.2) is 34.0 Å². The number of ether oxygens (including phenoxy) is 1. The number of halogens is 3. The summed E-state index contributed by atoms with van der Waals surface area (Å²) in [6.45, 7) is 1.75. The number of methoxy groups -OCH3 is 1. The molecular formula is C20H18Cl3NO4. The van der Waals surface area contributed by atoms with E-state index >= 15 is 0 Å². The van der Waals surface area contributed by atoms with Crippen molar-refractivity contribution in [3.8, 4) is 5.75 Å². The first kappa shape index (κ1) is 22.1. The first-order valence-corrected chi connectivity index (χ1v) is 9.60. The lowest BCUT2D eigenvalue weighted by Crippen LogP contribution is -2.14. The SMILES string of the molecule is COc1ccc2c(c1)c(CC(=O)O)c(C)n2C(=O)c1ccc(Cl)cc1.ClCCl. The van der Waals surface area contributed by atoms with E-state index in [0.717, 1.165) is 0 Å². The average Bonchev–Trinajstić information content (AvgIpc) is 2.93. The van der Waals surface area contributed by atoms with E-state index in [1.165, 1.54) is 4.57 Å². The van der Waals surface area contributed by atoms with Crippen LogP contribution in [0, 0.1) is 6.92 Å².